The van der Waals surface area contributed by atoms with Crippen LogP contribution in [0.4, 0.5) is 0 Å². The van der Waals surface area contributed by atoms with Gasteiger partial charge < -0.3 is 14.8 Å². The number of nitrogens with one attached hydrogen (secondary N) is 1. The van der Waals surface area contributed by atoms with Crippen LogP contribution in [0.5, 0.6) is 5.75 Å². The van der Waals surface area contributed by atoms with Gasteiger partial charge in [-0.3, -0.25) is 4.79 Å². The monoisotopic (exact) mass is 389 g/mol. The standard InChI is InChI=1S/C23H23N3O3/c27-23(25-18-12-16-6-4-5-9-21(16)29-15-18)20-10-11-28-22(20)17-13-24-26(14-17)19-7-2-1-3-8-19/h1-9,13-14,18,20,22H,10-12,15H2,(H,25,27)/t18?,20-,22+/m0/s1. The van der Waals surface area contributed by atoms with Crippen molar-refractivity contribution in [2.75, 3.05) is 13.2 Å². The summed E-state index contributed by atoms with van der Waals surface area (Å²) >= 11 is 0. The minimum absolute atomic E-state index is 0.0212. The number of nitrogens with zero attached hydrogens (tertiary/aromatic N) is 2. The molecule has 2 aliphatic heterocycles. The van der Waals surface area contributed by atoms with Crippen molar-refractivity contribution in [2.45, 2.75) is 25.0 Å². The van der Waals surface area contributed by atoms with E-state index in [9.17, 15) is 4.79 Å². The van der Waals surface area contributed by atoms with Gasteiger partial charge in [-0.2, -0.15) is 5.10 Å². The van der Waals surface area contributed by atoms with Crippen molar-refractivity contribution in [3.63, 3.8) is 0 Å². The molecule has 0 aliphatic carbocycles. The van der Waals surface area contributed by atoms with Crippen LogP contribution < -0.4 is 10.1 Å². The molecule has 5 rings (SSSR count). The minimum atomic E-state index is -0.274. The second-order valence-corrected chi connectivity index (χ2v) is 7.57. The summed E-state index contributed by atoms with van der Waals surface area (Å²) in [6.45, 7) is 1.07. The van der Waals surface area contributed by atoms with E-state index in [1.807, 2.05) is 65.5 Å². The molecule has 29 heavy (non-hydrogen) atoms. The van der Waals surface area contributed by atoms with Crippen molar-refractivity contribution in [1.29, 1.82) is 0 Å². The first-order valence-electron chi connectivity index (χ1n) is 10.0. The fourth-order valence-corrected chi connectivity index (χ4v) is 4.12. The predicted octanol–water partition coefficient (Wildman–Crippen LogP) is 3.07. The van der Waals surface area contributed by atoms with E-state index in [-0.39, 0.29) is 24.0 Å². The van der Waals surface area contributed by atoms with E-state index in [0.717, 1.165) is 29.0 Å². The topological polar surface area (TPSA) is 65.4 Å². The zero-order chi connectivity index (χ0) is 19.6. The molecule has 0 saturated carbocycles. The summed E-state index contributed by atoms with van der Waals surface area (Å²) in [4.78, 5) is 13.0. The highest BCUT2D eigenvalue weighted by Crippen LogP contribution is 2.35. The number of amides is 1. The first-order chi connectivity index (χ1) is 14.3. The molecule has 1 unspecified atom stereocenters. The lowest BCUT2D eigenvalue weighted by Gasteiger charge is -2.27. The molecule has 6 nitrogen and oxygen atoms in total. The molecular weight excluding hydrogens is 366 g/mol. The van der Waals surface area contributed by atoms with Gasteiger partial charge in [-0.25, -0.2) is 4.68 Å². The third kappa shape index (κ3) is 3.63. The maximum atomic E-state index is 13.0. The van der Waals surface area contributed by atoms with Gasteiger partial charge in [0.2, 0.25) is 5.91 Å². The lowest BCUT2D eigenvalue weighted by molar-refractivity contribution is -0.127. The number of para-hydroxylation sites is 2. The van der Waals surface area contributed by atoms with Gasteiger partial charge in [0, 0.05) is 18.4 Å². The Morgan fingerprint density at radius 1 is 1.10 bits per heavy atom. The molecule has 1 fully saturated rings. The van der Waals surface area contributed by atoms with Crippen molar-refractivity contribution < 1.29 is 14.3 Å². The summed E-state index contributed by atoms with van der Waals surface area (Å²) in [6.07, 6.45) is 4.96. The summed E-state index contributed by atoms with van der Waals surface area (Å²) < 4.78 is 13.5. The van der Waals surface area contributed by atoms with Gasteiger partial charge in [-0.05, 0) is 36.6 Å². The van der Waals surface area contributed by atoms with Crippen LogP contribution in [0.15, 0.2) is 67.0 Å². The molecule has 0 radical (unpaired) electrons. The Bertz CT molecular complexity index is 1000. The van der Waals surface area contributed by atoms with Crippen molar-refractivity contribution in [1.82, 2.24) is 15.1 Å². The lowest BCUT2D eigenvalue weighted by Crippen LogP contribution is -2.45. The van der Waals surface area contributed by atoms with Crippen LogP contribution in [0.25, 0.3) is 5.69 Å². The van der Waals surface area contributed by atoms with Crippen LogP contribution in [-0.2, 0) is 16.0 Å². The third-order valence-electron chi connectivity index (χ3n) is 5.61. The molecule has 1 saturated heterocycles. The molecule has 6 heteroatoms. The zero-order valence-electron chi connectivity index (χ0n) is 16.0. The smallest absolute Gasteiger partial charge is 0.226 e. The van der Waals surface area contributed by atoms with Crippen LogP contribution >= 0.6 is 0 Å². The molecule has 0 bridgehead atoms. The quantitative estimate of drug-likeness (QED) is 0.745. The number of carbonyl (C=O) groups is 1. The van der Waals surface area contributed by atoms with E-state index in [0.29, 0.717) is 19.6 Å². The van der Waals surface area contributed by atoms with E-state index in [1.54, 1.807) is 6.20 Å². The molecule has 2 aliphatic rings. The molecule has 0 spiro atoms. The largest absolute Gasteiger partial charge is 0.491 e. The summed E-state index contributed by atoms with van der Waals surface area (Å²) in [5, 5.41) is 7.62. The fourth-order valence-electron chi connectivity index (χ4n) is 4.12. The number of rotatable bonds is 4. The number of hydrogen-bond donors (Lipinski definition) is 1. The fraction of sp³-hybridized carbons (Fsp3) is 0.304. The Balaban J connectivity index is 1.27. The molecule has 3 aromatic rings. The van der Waals surface area contributed by atoms with Crippen LogP contribution in [0.3, 0.4) is 0 Å². The molecule has 1 aromatic heterocycles. The van der Waals surface area contributed by atoms with Crippen molar-refractivity contribution in [2.24, 2.45) is 5.92 Å². The number of benzene rings is 2. The first-order valence-corrected chi connectivity index (χ1v) is 10.0. The molecule has 148 valence electrons. The highest BCUT2D eigenvalue weighted by atomic mass is 16.5. The molecule has 3 atom stereocenters. The van der Waals surface area contributed by atoms with E-state index < -0.39 is 0 Å². The number of hydrogen-bond acceptors (Lipinski definition) is 4. The number of aromatic nitrogens is 2. The highest BCUT2D eigenvalue weighted by Gasteiger charge is 2.37. The van der Waals surface area contributed by atoms with E-state index in [4.69, 9.17) is 9.47 Å². The molecule has 1 amide bonds. The van der Waals surface area contributed by atoms with Gasteiger partial charge in [0.05, 0.1) is 29.9 Å². The maximum absolute atomic E-state index is 13.0. The second kappa shape index (κ2) is 7.72. The summed E-state index contributed by atoms with van der Waals surface area (Å²) in [5.74, 6) is 0.710. The normalized spacial score (nSPS) is 23.2. The Morgan fingerprint density at radius 3 is 2.83 bits per heavy atom. The minimum Gasteiger partial charge on any atom is -0.491 e. The lowest BCUT2D eigenvalue weighted by atomic mass is 9.95. The highest BCUT2D eigenvalue weighted by molar-refractivity contribution is 5.80. The van der Waals surface area contributed by atoms with Crippen LogP contribution in [0.1, 0.15) is 23.7 Å². The average Bonchev–Trinajstić information content (AvgIpc) is 3.44. The number of carbonyl (C=O) groups excluding carboxylic acids is 1. The SMILES string of the molecule is O=C(NC1COc2ccccc2C1)[C@H]1CCO[C@@H]1c1cnn(-c2ccccc2)c1. The van der Waals surface area contributed by atoms with Gasteiger partial charge in [0.1, 0.15) is 12.4 Å². The van der Waals surface area contributed by atoms with Crippen LogP contribution in [-0.4, -0.2) is 34.9 Å². The Morgan fingerprint density at radius 2 is 1.93 bits per heavy atom. The third-order valence-corrected chi connectivity index (χ3v) is 5.61. The van der Waals surface area contributed by atoms with E-state index in [1.165, 1.54) is 0 Å². The Hall–Kier alpha value is -3.12. The van der Waals surface area contributed by atoms with Gasteiger partial charge in [0.25, 0.3) is 0 Å². The Kier molecular flexibility index (Phi) is 4.77. The van der Waals surface area contributed by atoms with Gasteiger partial charge in [-0.15, -0.1) is 0 Å². The Labute approximate surface area is 169 Å². The van der Waals surface area contributed by atoms with Crippen molar-refractivity contribution in [3.8, 4) is 11.4 Å². The molecule has 2 aromatic carbocycles. The average molecular weight is 389 g/mol. The van der Waals surface area contributed by atoms with Gasteiger partial charge >= 0.3 is 0 Å². The predicted molar refractivity (Wildman–Crippen MR) is 108 cm³/mol. The maximum Gasteiger partial charge on any atom is 0.226 e. The zero-order valence-corrected chi connectivity index (χ0v) is 16.0. The van der Waals surface area contributed by atoms with E-state index in [2.05, 4.69) is 10.4 Å². The van der Waals surface area contributed by atoms with Gasteiger partial charge in [0.15, 0.2) is 0 Å². The summed E-state index contributed by atoms with van der Waals surface area (Å²) in [5.41, 5.74) is 3.04. The first kappa shape index (κ1) is 17.9. The number of fused-ring (bicyclic) bond motifs is 1. The molecule has 3 heterocycles. The second-order valence-electron chi connectivity index (χ2n) is 7.57. The summed E-state index contributed by atoms with van der Waals surface area (Å²) in [7, 11) is 0. The van der Waals surface area contributed by atoms with E-state index >= 15 is 0 Å². The van der Waals surface area contributed by atoms with Crippen LogP contribution in [0.2, 0.25) is 0 Å². The van der Waals surface area contributed by atoms with Crippen molar-refractivity contribution >= 4 is 5.91 Å². The number of ether oxygens (including phenoxy) is 2. The van der Waals surface area contributed by atoms with Gasteiger partial charge in [-0.1, -0.05) is 36.4 Å². The molecule has 1 N–H and O–H groups in total. The van der Waals surface area contributed by atoms with Crippen LogP contribution in [0, 0.1) is 5.92 Å². The summed E-state index contributed by atoms with van der Waals surface area (Å²) in [6, 6.07) is 17.9. The molecular formula is C23H23N3O3. The van der Waals surface area contributed by atoms with Crippen molar-refractivity contribution in [3.05, 3.63) is 78.1 Å².